The van der Waals surface area contributed by atoms with Crippen LogP contribution in [0, 0.1) is 12.7 Å². The molecule has 3 rings (SSSR count). The number of aromatic nitrogens is 1. The van der Waals surface area contributed by atoms with Gasteiger partial charge in [0.15, 0.2) is 0 Å². The minimum atomic E-state index is -1.37. The third kappa shape index (κ3) is 1.71. The molecular weight excluding hydrogens is 268 g/mol. The minimum absolute atomic E-state index is 0.0999. The number of aromatic carboxylic acids is 1. The summed E-state index contributed by atoms with van der Waals surface area (Å²) < 4.78 is 28.4. The predicted octanol–water partition coefficient (Wildman–Crippen LogP) is 2.43. The van der Waals surface area contributed by atoms with Crippen molar-refractivity contribution in [2.75, 3.05) is 0 Å². The van der Waals surface area contributed by atoms with Crippen LogP contribution >= 0.6 is 0 Å². The molecule has 6 heteroatoms. The molecule has 0 saturated heterocycles. The molecule has 1 aromatic carbocycles. The zero-order valence-electron chi connectivity index (χ0n) is 10.6. The van der Waals surface area contributed by atoms with Crippen molar-refractivity contribution in [2.24, 2.45) is 0 Å². The molecule has 1 aromatic heterocycles. The summed E-state index contributed by atoms with van der Waals surface area (Å²) in [6.45, 7) is 1.49. The molecule has 1 fully saturated rings. The van der Waals surface area contributed by atoms with Gasteiger partial charge in [-0.2, -0.15) is 0 Å². The molecule has 0 radical (unpaired) electrons. The highest BCUT2D eigenvalue weighted by molar-refractivity contribution is 5.93. The summed E-state index contributed by atoms with van der Waals surface area (Å²) in [4.78, 5) is 23.2. The third-order valence-corrected chi connectivity index (χ3v) is 3.65. The van der Waals surface area contributed by atoms with Gasteiger partial charge in [-0.1, -0.05) is 0 Å². The molecule has 1 heterocycles. The lowest BCUT2D eigenvalue weighted by molar-refractivity contribution is 0.0694. The summed E-state index contributed by atoms with van der Waals surface area (Å²) in [5, 5.41) is 9.16. The van der Waals surface area contributed by atoms with E-state index in [0.717, 1.165) is 12.3 Å². The smallest absolute Gasteiger partial charge is 0.341 e. The summed E-state index contributed by atoms with van der Waals surface area (Å²) in [5.74, 6) is -1.88. The van der Waals surface area contributed by atoms with Gasteiger partial charge < -0.3 is 9.67 Å². The topological polar surface area (TPSA) is 59.3 Å². The second-order valence-electron chi connectivity index (χ2n) is 4.97. The first-order valence-electron chi connectivity index (χ1n) is 6.13. The number of carboxylic acids is 1. The van der Waals surface area contributed by atoms with E-state index in [2.05, 4.69) is 0 Å². The van der Waals surface area contributed by atoms with Gasteiger partial charge in [-0.25, -0.2) is 13.6 Å². The lowest BCUT2D eigenvalue weighted by Crippen LogP contribution is -2.19. The number of carbonyl (C=O) groups is 1. The highest BCUT2D eigenvalue weighted by atomic mass is 19.1. The zero-order chi connectivity index (χ0) is 14.6. The average molecular weight is 279 g/mol. The Morgan fingerprint density at radius 2 is 2.10 bits per heavy atom. The van der Waals surface area contributed by atoms with Crippen molar-refractivity contribution in [3.05, 3.63) is 45.5 Å². The number of alkyl halides is 1. The maximum atomic E-state index is 13.7. The number of rotatable bonds is 2. The molecule has 0 unspecified atom stereocenters. The van der Waals surface area contributed by atoms with E-state index >= 15 is 0 Å². The second-order valence-corrected chi connectivity index (χ2v) is 4.97. The second kappa shape index (κ2) is 4.13. The van der Waals surface area contributed by atoms with Gasteiger partial charge in [0.25, 0.3) is 0 Å². The lowest BCUT2D eigenvalue weighted by Gasteiger charge is -2.14. The van der Waals surface area contributed by atoms with Crippen LogP contribution in [-0.4, -0.2) is 21.8 Å². The van der Waals surface area contributed by atoms with Crippen LogP contribution in [0.3, 0.4) is 0 Å². The molecule has 1 aliphatic rings. The fourth-order valence-electron chi connectivity index (χ4n) is 2.45. The first kappa shape index (κ1) is 12.8. The number of benzene rings is 1. The monoisotopic (exact) mass is 279 g/mol. The SMILES string of the molecule is Cc1c(F)ccc2c(=O)c(C(=O)O)cn([C@@H]3C[C@H]3F)c12. The van der Waals surface area contributed by atoms with Crippen molar-refractivity contribution in [3.63, 3.8) is 0 Å². The van der Waals surface area contributed by atoms with Gasteiger partial charge in [0.1, 0.15) is 17.6 Å². The Kier molecular flexibility index (Phi) is 2.64. The molecule has 2 aromatic rings. The third-order valence-electron chi connectivity index (χ3n) is 3.65. The van der Waals surface area contributed by atoms with Crippen LogP contribution in [0.2, 0.25) is 0 Å². The van der Waals surface area contributed by atoms with Gasteiger partial charge in [0.2, 0.25) is 5.43 Å². The number of halogens is 2. The fraction of sp³-hybridized carbons (Fsp3) is 0.286. The quantitative estimate of drug-likeness (QED) is 0.918. The van der Waals surface area contributed by atoms with Crippen molar-refractivity contribution in [3.8, 4) is 0 Å². The molecular formula is C14H11F2NO3. The Bertz CT molecular complexity index is 797. The standard InChI is InChI=1S/C14H11F2NO3/c1-6-9(15)3-2-7-12(6)17(11-4-10(11)16)5-8(13(7)18)14(19)20/h2-3,5,10-11H,4H2,1H3,(H,19,20)/t10-,11-/m1/s1. The Labute approximate surface area is 112 Å². The van der Waals surface area contributed by atoms with Crippen molar-refractivity contribution in [1.82, 2.24) is 4.57 Å². The van der Waals surface area contributed by atoms with Crippen molar-refractivity contribution >= 4 is 16.9 Å². The highest BCUT2D eigenvalue weighted by Gasteiger charge is 2.40. The molecule has 1 saturated carbocycles. The molecule has 4 nitrogen and oxygen atoms in total. The van der Waals surface area contributed by atoms with Crippen LogP contribution in [0.1, 0.15) is 28.4 Å². The van der Waals surface area contributed by atoms with Gasteiger partial charge in [0.05, 0.1) is 11.6 Å². The van der Waals surface area contributed by atoms with Gasteiger partial charge in [-0.15, -0.1) is 0 Å². The number of nitrogens with zero attached hydrogens (tertiary/aromatic N) is 1. The molecule has 2 atom stereocenters. The summed E-state index contributed by atoms with van der Waals surface area (Å²) in [6.07, 6.45) is 0.265. The van der Waals surface area contributed by atoms with E-state index in [0.29, 0.717) is 0 Å². The van der Waals surface area contributed by atoms with Crippen LogP contribution in [-0.2, 0) is 0 Å². The van der Waals surface area contributed by atoms with E-state index in [1.807, 2.05) is 0 Å². The average Bonchev–Trinajstić information content (AvgIpc) is 3.11. The van der Waals surface area contributed by atoms with Gasteiger partial charge in [-0.05, 0) is 19.1 Å². The van der Waals surface area contributed by atoms with Crippen molar-refractivity contribution in [1.29, 1.82) is 0 Å². The zero-order valence-corrected chi connectivity index (χ0v) is 10.6. The maximum Gasteiger partial charge on any atom is 0.341 e. The van der Waals surface area contributed by atoms with E-state index in [9.17, 15) is 18.4 Å². The number of pyridine rings is 1. The number of hydrogen-bond acceptors (Lipinski definition) is 2. The summed E-state index contributed by atoms with van der Waals surface area (Å²) in [6, 6.07) is 1.84. The molecule has 104 valence electrons. The van der Waals surface area contributed by atoms with E-state index in [-0.39, 0.29) is 22.9 Å². The number of aryl methyl sites for hydroxylation is 1. The first-order valence-corrected chi connectivity index (χ1v) is 6.13. The van der Waals surface area contributed by atoms with E-state index in [4.69, 9.17) is 5.11 Å². The summed E-state index contributed by atoms with van der Waals surface area (Å²) in [5.41, 5.74) is -0.619. The molecule has 1 N–H and O–H groups in total. The van der Waals surface area contributed by atoms with Crippen LogP contribution in [0.25, 0.3) is 10.9 Å². The van der Waals surface area contributed by atoms with Crippen LogP contribution in [0.15, 0.2) is 23.1 Å². The Morgan fingerprint density at radius 3 is 2.65 bits per heavy atom. The number of hydrogen-bond donors (Lipinski definition) is 1. The summed E-state index contributed by atoms with van der Waals surface area (Å²) in [7, 11) is 0. The van der Waals surface area contributed by atoms with Gasteiger partial charge in [0, 0.05) is 23.6 Å². The highest BCUT2D eigenvalue weighted by Crippen LogP contribution is 2.41. The Morgan fingerprint density at radius 1 is 1.45 bits per heavy atom. The van der Waals surface area contributed by atoms with Gasteiger partial charge >= 0.3 is 5.97 Å². The molecule has 0 bridgehead atoms. The minimum Gasteiger partial charge on any atom is -0.477 e. The van der Waals surface area contributed by atoms with Crippen LogP contribution in [0.4, 0.5) is 8.78 Å². The van der Waals surface area contributed by atoms with Crippen LogP contribution < -0.4 is 5.43 Å². The molecule has 0 amide bonds. The molecule has 0 aliphatic heterocycles. The van der Waals surface area contributed by atoms with Gasteiger partial charge in [-0.3, -0.25) is 4.79 Å². The van der Waals surface area contributed by atoms with E-state index in [1.165, 1.54) is 17.6 Å². The normalized spacial score (nSPS) is 21.1. The fourth-order valence-corrected chi connectivity index (χ4v) is 2.45. The lowest BCUT2D eigenvalue weighted by atomic mass is 10.1. The van der Waals surface area contributed by atoms with Crippen molar-refractivity contribution in [2.45, 2.75) is 25.6 Å². The Balaban J connectivity index is 2.45. The Hall–Kier alpha value is -2.24. The number of carboxylic acid groups (broad SMARTS) is 1. The molecule has 1 aliphatic carbocycles. The molecule has 0 spiro atoms. The largest absolute Gasteiger partial charge is 0.477 e. The first-order chi connectivity index (χ1) is 9.41. The van der Waals surface area contributed by atoms with Crippen molar-refractivity contribution < 1.29 is 18.7 Å². The maximum absolute atomic E-state index is 13.7. The predicted molar refractivity (Wildman–Crippen MR) is 68.4 cm³/mol. The number of fused-ring (bicyclic) bond motifs is 1. The van der Waals surface area contributed by atoms with E-state index < -0.39 is 35.0 Å². The van der Waals surface area contributed by atoms with Crippen LogP contribution in [0.5, 0.6) is 0 Å². The summed E-state index contributed by atoms with van der Waals surface area (Å²) >= 11 is 0. The molecule has 20 heavy (non-hydrogen) atoms. The van der Waals surface area contributed by atoms with E-state index in [1.54, 1.807) is 0 Å².